The number of aromatic nitrogens is 1. The predicted octanol–water partition coefficient (Wildman–Crippen LogP) is 3.06. The van der Waals surface area contributed by atoms with Gasteiger partial charge in [0, 0.05) is 18.5 Å². The highest BCUT2D eigenvalue weighted by Crippen LogP contribution is 2.35. The molecule has 1 aliphatic rings. The molecular formula is C16H18N2O3. The SMILES string of the molecule is Cc1ccccc1C1CC(C)N(c2nc(C(=O)O)co2)C1. The number of aromatic carboxylic acids is 1. The van der Waals surface area contributed by atoms with Crippen LogP contribution in [0.5, 0.6) is 0 Å². The van der Waals surface area contributed by atoms with Crippen LogP contribution in [0.4, 0.5) is 6.01 Å². The number of oxazole rings is 1. The van der Waals surface area contributed by atoms with Crippen LogP contribution in [-0.2, 0) is 0 Å². The number of aryl methyl sites for hydroxylation is 1. The van der Waals surface area contributed by atoms with Crippen LogP contribution in [0.3, 0.4) is 0 Å². The van der Waals surface area contributed by atoms with E-state index in [2.05, 4.69) is 37.0 Å². The smallest absolute Gasteiger partial charge is 0.357 e. The van der Waals surface area contributed by atoms with Gasteiger partial charge in [-0.2, -0.15) is 4.98 Å². The number of hydrogen-bond donors (Lipinski definition) is 1. The van der Waals surface area contributed by atoms with Crippen LogP contribution >= 0.6 is 0 Å². The topological polar surface area (TPSA) is 66.6 Å². The predicted molar refractivity (Wildman–Crippen MR) is 78.8 cm³/mol. The average molecular weight is 286 g/mol. The van der Waals surface area contributed by atoms with Crippen LogP contribution < -0.4 is 4.90 Å². The van der Waals surface area contributed by atoms with Crippen molar-refractivity contribution in [3.8, 4) is 0 Å². The first-order chi connectivity index (χ1) is 10.1. The highest BCUT2D eigenvalue weighted by Gasteiger charge is 2.33. The van der Waals surface area contributed by atoms with Gasteiger partial charge in [-0.05, 0) is 31.4 Å². The normalized spacial score (nSPS) is 21.7. The Bertz CT molecular complexity index is 665. The Balaban J connectivity index is 1.83. The van der Waals surface area contributed by atoms with Crippen LogP contribution in [0.25, 0.3) is 0 Å². The Morgan fingerprint density at radius 2 is 2.19 bits per heavy atom. The monoisotopic (exact) mass is 286 g/mol. The Hall–Kier alpha value is -2.30. The summed E-state index contributed by atoms with van der Waals surface area (Å²) in [4.78, 5) is 17.0. The summed E-state index contributed by atoms with van der Waals surface area (Å²) >= 11 is 0. The molecule has 3 rings (SSSR count). The molecule has 2 aromatic rings. The minimum Gasteiger partial charge on any atom is -0.476 e. The lowest BCUT2D eigenvalue weighted by atomic mass is 9.93. The highest BCUT2D eigenvalue weighted by molar-refractivity contribution is 5.85. The maximum absolute atomic E-state index is 10.9. The lowest BCUT2D eigenvalue weighted by Gasteiger charge is -2.18. The lowest BCUT2D eigenvalue weighted by molar-refractivity contribution is 0.0690. The first-order valence-corrected chi connectivity index (χ1v) is 7.07. The van der Waals surface area contributed by atoms with Crippen LogP contribution in [0.2, 0.25) is 0 Å². The van der Waals surface area contributed by atoms with Crippen molar-refractivity contribution in [2.45, 2.75) is 32.2 Å². The number of anilines is 1. The molecule has 0 aliphatic carbocycles. The molecule has 2 heterocycles. The van der Waals surface area contributed by atoms with Crippen LogP contribution in [-0.4, -0.2) is 28.6 Å². The van der Waals surface area contributed by atoms with Crippen molar-refractivity contribution >= 4 is 12.0 Å². The molecule has 0 saturated carbocycles. The second-order valence-corrected chi connectivity index (χ2v) is 5.61. The van der Waals surface area contributed by atoms with Gasteiger partial charge >= 0.3 is 5.97 Å². The van der Waals surface area contributed by atoms with Gasteiger partial charge in [0.1, 0.15) is 6.26 Å². The Labute approximate surface area is 123 Å². The Morgan fingerprint density at radius 3 is 2.86 bits per heavy atom. The van der Waals surface area contributed by atoms with Crippen molar-refractivity contribution in [3.63, 3.8) is 0 Å². The molecule has 0 spiro atoms. The summed E-state index contributed by atoms with van der Waals surface area (Å²) in [6, 6.07) is 9.06. The summed E-state index contributed by atoms with van der Waals surface area (Å²) in [7, 11) is 0. The minimum absolute atomic E-state index is 0.0449. The van der Waals surface area contributed by atoms with Gasteiger partial charge in [0.15, 0.2) is 5.69 Å². The zero-order valence-electron chi connectivity index (χ0n) is 12.1. The maximum Gasteiger partial charge on any atom is 0.357 e. The molecule has 21 heavy (non-hydrogen) atoms. The highest BCUT2D eigenvalue weighted by atomic mass is 16.4. The Kier molecular flexibility index (Phi) is 3.41. The molecule has 2 atom stereocenters. The molecule has 1 aromatic heterocycles. The number of rotatable bonds is 3. The van der Waals surface area contributed by atoms with E-state index < -0.39 is 5.97 Å². The van der Waals surface area contributed by atoms with Crippen LogP contribution in [0.1, 0.15) is 40.9 Å². The maximum atomic E-state index is 10.9. The molecule has 0 radical (unpaired) electrons. The molecule has 1 fully saturated rings. The largest absolute Gasteiger partial charge is 0.476 e. The van der Waals surface area contributed by atoms with Gasteiger partial charge in [0.05, 0.1) is 0 Å². The summed E-state index contributed by atoms with van der Waals surface area (Å²) < 4.78 is 5.33. The van der Waals surface area contributed by atoms with Crippen molar-refractivity contribution in [2.24, 2.45) is 0 Å². The first-order valence-electron chi connectivity index (χ1n) is 7.07. The molecule has 1 aromatic carbocycles. The van der Waals surface area contributed by atoms with E-state index in [0.29, 0.717) is 11.9 Å². The third-order valence-electron chi connectivity index (χ3n) is 4.16. The second-order valence-electron chi connectivity index (χ2n) is 5.61. The molecule has 1 N–H and O–H groups in total. The van der Waals surface area contributed by atoms with Crippen molar-refractivity contribution in [1.29, 1.82) is 0 Å². The van der Waals surface area contributed by atoms with Gasteiger partial charge in [-0.25, -0.2) is 4.79 Å². The van der Waals surface area contributed by atoms with Gasteiger partial charge in [-0.3, -0.25) is 0 Å². The van der Waals surface area contributed by atoms with Gasteiger partial charge in [0.25, 0.3) is 6.01 Å². The first kappa shape index (κ1) is 13.7. The van der Waals surface area contributed by atoms with E-state index >= 15 is 0 Å². The molecule has 5 heteroatoms. The Morgan fingerprint density at radius 1 is 1.43 bits per heavy atom. The molecule has 1 saturated heterocycles. The summed E-state index contributed by atoms with van der Waals surface area (Å²) in [6.07, 6.45) is 2.21. The zero-order valence-corrected chi connectivity index (χ0v) is 12.1. The summed E-state index contributed by atoms with van der Waals surface area (Å²) in [5, 5.41) is 8.93. The molecule has 2 unspecified atom stereocenters. The third-order valence-corrected chi connectivity index (χ3v) is 4.16. The van der Waals surface area contributed by atoms with E-state index in [9.17, 15) is 4.79 Å². The number of hydrogen-bond acceptors (Lipinski definition) is 4. The summed E-state index contributed by atoms with van der Waals surface area (Å²) in [5.74, 6) is -0.645. The van der Waals surface area contributed by atoms with Gasteiger partial charge in [-0.15, -0.1) is 0 Å². The number of carboxylic acids is 1. The van der Waals surface area contributed by atoms with Crippen molar-refractivity contribution in [1.82, 2.24) is 4.98 Å². The van der Waals surface area contributed by atoms with Crippen molar-refractivity contribution in [3.05, 3.63) is 47.3 Å². The molecule has 0 bridgehead atoms. The fraction of sp³-hybridized carbons (Fsp3) is 0.375. The summed E-state index contributed by atoms with van der Waals surface area (Å²) in [5.41, 5.74) is 2.59. The third kappa shape index (κ3) is 2.51. The van der Waals surface area contributed by atoms with Gasteiger partial charge in [0.2, 0.25) is 0 Å². The molecule has 5 nitrogen and oxygen atoms in total. The molecule has 1 aliphatic heterocycles. The number of carbonyl (C=O) groups is 1. The fourth-order valence-electron chi connectivity index (χ4n) is 3.06. The summed E-state index contributed by atoms with van der Waals surface area (Å²) in [6.45, 7) is 5.03. The van der Waals surface area contributed by atoms with Crippen molar-refractivity contribution < 1.29 is 14.3 Å². The quantitative estimate of drug-likeness (QED) is 0.939. The lowest BCUT2D eigenvalue weighted by Crippen LogP contribution is -2.27. The van der Waals surface area contributed by atoms with Crippen LogP contribution in [0, 0.1) is 6.92 Å². The van der Waals surface area contributed by atoms with Gasteiger partial charge < -0.3 is 14.4 Å². The number of carboxylic acid groups (broad SMARTS) is 1. The average Bonchev–Trinajstić information content (AvgIpc) is 3.05. The zero-order chi connectivity index (χ0) is 15.0. The van der Waals surface area contributed by atoms with E-state index in [-0.39, 0.29) is 11.7 Å². The molecule has 0 amide bonds. The molecule has 110 valence electrons. The van der Waals surface area contributed by atoms with E-state index in [1.54, 1.807) is 0 Å². The number of nitrogens with zero attached hydrogens (tertiary/aromatic N) is 2. The standard InChI is InChI=1S/C16H18N2O3/c1-10-5-3-4-6-13(10)12-7-11(2)18(8-12)16-17-14(9-21-16)15(19)20/h3-6,9,11-12H,7-8H2,1-2H3,(H,19,20). The minimum atomic E-state index is -1.06. The van der Waals surface area contributed by atoms with E-state index in [1.807, 2.05) is 11.0 Å². The van der Waals surface area contributed by atoms with E-state index in [4.69, 9.17) is 9.52 Å². The number of benzene rings is 1. The van der Waals surface area contributed by atoms with Crippen LogP contribution in [0.15, 0.2) is 34.9 Å². The van der Waals surface area contributed by atoms with E-state index in [0.717, 1.165) is 13.0 Å². The van der Waals surface area contributed by atoms with Crippen molar-refractivity contribution in [2.75, 3.05) is 11.4 Å². The second kappa shape index (κ2) is 5.24. The molecular weight excluding hydrogens is 268 g/mol. The van der Waals surface area contributed by atoms with E-state index in [1.165, 1.54) is 17.4 Å². The fourth-order valence-corrected chi connectivity index (χ4v) is 3.06. The van der Waals surface area contributed by atoms with Gasteiger partial charge in [-0.1, -0.05) is 24.3 Å².